The van der Waals surface area contributed by atoms with Crippen molar-refractivity contribution in [1.82, 2.24) is 10.1 Å². The predicted molar refractivity (Wildman–Crippen MR) is 93.3 cm³/mol. The summed E-state index contributed by atoms with van der Waals surface area (Å²) in [5.74, 6) is 1.75. The average Bonchev–Trinajstić information content (AvgIpc) is 3.22. The lowest BCUT2D eigenvalue weighted by Gasteiger charge is -2.17. The summed E-state index contributed by atoms with van der Waals surface area (Å²) in [5.41, 5.74) is 6.72. The Labute approximate surface area is 148 Å². The second-order valence-electron chi connectivity index (χ2n) is 5.83. The monoisotopic (exact) mass is 353 g/mol. The zero-order chi connectivity index (χ0) is 16.1. The van der Waals surface area contributed by atoms with Crippen LogP contribution in [0, 0.1) is 0 Å². The van der Waals surface area contributed by atoms with Gasteiger partial charge in [0.2, 0.25) is 0 Å². The molecule has 2 aromatic rings. The van der Waals surface area contributed by atoms with Crippen LogP contribution in [0.3, 0.4) is 0 Å². The van der Waals surface area contributed by atoms with Gasteiger partial charge in [-0.3, -0.25) is 0 Å². The lowest BCUT2D eigenvalue weighted by atomic mass is 9.99. The van der Waals surface area contributed by atoms with Crippen LogP contribution in [-0.2, 0) is 10.3 Å². The fourth-order valence-electron chi connectivity index (χ4n) is 2.89. The van der Waals surface area contributed by atoms with Gasteiger partial charge < -0.3 is 19.7 Å². The summed E-state index contributed by atoms with van der Waals surface area (Å²) < 4.78 is 16.5. The maximum atomic E-state index is 6.39. The van der Waals surface area contributed by atoms with Crippen LogP contribution in [0.15, 0.2) is 28.8 Å². The minimum Gasteiger partial charge on any atom is -0.490 e. The van der Waals surface area contributed by atoms with Gasteiger partial charge in [-0.15, -0.1) is 12.4 Å². The van der Waals surface area contributed by atoms with Crippen LogP contribution < -0.4 is 10.5 Å². The molecule has 0 unspecified atom stereocenters. The number of halogens is 1. The lowest BCUT2D eigenvalue weighted by molar-refractivity contribution is 0.110. The van der Waals surface area contributed by atoms with Gasteiger partial charge in [-0.05, 0) is 31.9 Å². The molecule has 1 aliphatic carbocycles. The molecule has 0 radical (unpaired) electrons. The molecule has 0 spiro atoms. The molecule has 1 heterocycles. The third-order valence-corrected chi connectivity index (χ3v) is 4.17. The van der Waals surface area contributed by atoms with Crippen molar-refractivity contribution in [1.29, 1.82) is 0 Å². The summed E-state index contributed by atoms with van der Waals surface area (Å²) in [4.78, 5) is 4.53. The first-order valence-corrected chi connectivity index (χ1v) is 8.16. The first-order valence-electron chi connectivity index (χ1n) is 8.16. The molecule has 0 aliphatic heterocycles. The quantitative estimate of drug-likeness (QED) is 0.769. The van der Waals surface area contributed by atoms with E-state index in [9.17, 15) is 0 Å². The number of para-hydroxylation sites is 1. The van der Waals surface area contributed by atoms with Crippen molar-refractivity contribution in [2.24, 2.45) is 5.73 Å². The highest BCUT2D eigenvalue weighted by Crippen LogP contribution is 2.36. The average molecular weight is 354 g/mol. The molecular formula is C17H24ClN3O3. The molecule has 24 heavy (non-hydrogen) atoms. The van der Waals surface area contributed by atoms with Crippen LogP contribution in [0.5, 0.6) is 5.75 Å². The van der Waals surface area contributed by atoms with Gasteiger partial charge in [-0.1, -0.05) is 30.1 Å². The fourth-order valence-corrected chi connectivity index (χ4v) is 2.89. The number of hydrogen-bond donors (Lipinski definition) is 1. The minimum atomic E-state index is -0.452. The van der Waals surface area contributed by atoms with Gasteiger partial charge in [0.1, 0.15) is 12.4 Å². The van der Waals surface area contributed by atoms with Crippen LogP contribution in [0.4, 0.5) is 0 Å². The van der Waals surface area contributed by atoms with Crippen LogP contribution in [0.1, 0.15) is 38.4 Å². The van der Waals surface area contributed by atoms with E-state index >= 15 is 0 Å². The molecule has 6 nitrogen and oxygen atoms in total. The van der Waals surface area contributed by atoms with Gasteiger partial charge in [0.25, 0.3) is 5.89 Å². The van der Waals surface area contributed by atoms with Crippen molar-refractivity contribution in [3.8, 4) is 17.2 Å². The Kier molecular flexibility index (Phi) is 6.60. The number of rotatable bonds is 7. The highest BCUT2D eigenvalue weighted by molar-refractivity contribution is 5.85. The molecule has 0 bridgehead atoms. The number of benzene rings is 1. The summed E-state index contributed by atoms with van der Waals surface area (Å²) in [6.07, 6.45) is 4.02. The first kappa shape index (κ1) is 18.7. The molecule has 1 aromatic carbocycles. The van der Waals surface area contributed by atoms with E-state index in [4.69, 9.17) is 19.7 Å². The molecule has 1 aromatic heterocycles. The summed E-state index contributed by atoms with van der Waals surface area (Å²) >= 11 is 0. The molecule has 0 saturated heterocycles. The van der Waals surface area contributed by atoms with E-state index in [0.717, 1.165) is 31.2 Å². The third-order valence-electron chi connectivity index (χ3n) is 4.17. The molecule has 132 valence electrons. The Morgan fingerprint density at radius 2 is 1.96 bits per heavy atom. The van der Waals surface area contributed by atoms with Gasteiger partial charge >= 0.3 is 0 Å². The number of ether oxygens (including phenoxy) is 2. The third kappa shape index (κ3) is 4.06. The Bertz CT molecular complexity index is 642. The molecule has 0 atom stereocenters. The summed E-state index contributed by atoms with van der Waals surface area (Å²) in [7, 11) is 0. The minimum absolute atomic E-state index is 0. The van der Waals surface area contributed by atoms with E-state index in [2.05, 4.69) is 10.1 Å². The maximum absolute atomic E-state index is 6.39. The predicted octanol–water partition coefficient (Wildman–Crippen LogP) is 3.30. The van der Waals surface area contributed by atoms with Gasteiger partial charge in [-0.25, -0.2) is 0 Å². The number of nitrogens with two attached hydrogens (primary N) is 1. The SMILES string of the molecule is CCOCCOc1ccccc1-c1nc(C2(N)CCCC2)no1.Cl. The Morgan fingerprint density at radius 3 is 2.71 bits per heavy atom. The number of nitrogens with zero attached hydrogens (tertiary/aromatic N) is 2. The molecule has 7 heteroatoms. The zero-order valence-corrected chi connectivity index (χ0v) is 14.7. The van der Waals surface area contributed by atoms with Crippen molar-refractivity contribution in [2.45, 2.75) is 38.1 Å². The van der Waals surface area contributed by atoms with Gasteiger partial charge in [0.05, 0.1) is 17.7 Å². The second kappa shape index (κ2) is 8.46. The van der Waals surface area contributed by atoms with Crippen LogP contribution in [0.2, 0.25) is 0 Å². The van der Waals surface area contributed by atoms with Crippen molar-refractivity contribution in [3.05, 3.63) is 30.1 Å². The largest absolute Gasteiger partial charge is 0.490 e. The Morgan fingerprint density at radius 1 is 1.21 bits per heavy atom. The van der Waals surface area contributed by atoms with E-state index < -0.39 is 5.54 Å². The van der Waals surface area contributed by atoms with E-state index in [0.29, 0.717) is 37.3 Å². The van der Waals surface area contributed by atoms with E-state index in [1.165, 1.54) is 0 Å². The maximum Gasteiger partial charge on any atom is 0.261 e. The summed E-state index contributed by atoms with van der Waals surface area (Å²) in [6.45, 7) is 3.66. The van der Waals surface area contributed by atoms with Crippen LogP contribution in [-0.4, -0.2) is 30.0 Å². The van der Waals surface area contributed by atoms with Crippen molar-refractivity contribution in [2.75, 3.05) is 19.8 Å². The van der Waals surface area contributed by atoms with Crippen molar-refractivity contribution in [3.63, 3.8) is 0 Å². The standard InChI is InChI=1S/C17H23N3O3.ClH/c1-2-21-11-12-22-14-8-4-3-7-13(14)15-19-16(20-23-15)17(18)9-5-6-10-17;/h3-4,7-8H,2,5-6,9-12,18H2,1H3;1H. The zero-order valence-electron chi connectivity index (χ0n) is 13.9. The van der Waals surface area contributed by atoms with Crippen LogP contribution >= 0.6 is 12.4 Å². The van der Waals surface area contributed by atoms with Crippen molar-refractivity contribution >= 4 is 12.4 Å². The van der Waals surface area contributed by atoms with E-state index in [1.54, 1.807) is 0 Å². The van der Waals surface area contributed by atoms with Crippen molar-refractivity contribution < 1.29 is 14.0 Å². The highest BCUT2D eigenvalue weighted by Gasteiger charge is 2.36. The van der Waals surface area contributed by atoms with Crippen LogP contribution in [0.25, 0.3) is 11.5 Å². The number of hydrogen-bond acceptors (Lipinski definition) is 6. The molecular weight excluding hydrogens is 330 g/mol. The van der Waals surface area contributed by atoms with Gasteiger partial charge in [-0.2, -0.15) is 4.98 Å². The van der Waals surface area contributed by atoms with E-state index in [-0.39, 0.29) is 12.4 Å². The van der Waals surface area contributed by atoms with Gasteiger partial charge in [0.15, 0.2) is 5.82 Å². The Balaban J connectivity index is 0.00000208. The fraction of sp³-hybridized carbons (Fsp3) is 0.529. The normalized spacial score (nSPS) is 15.9. The lowest BCUT2D eigenvalue weighted by Crippen LogP contribution is -2.34. The molecule has 0 amide bonds. The smallest absolute Gasteiger partial charge is 0.261 e. The Hall–Kier alpha value is -1.63. The summed E-state index contributed by atoms with van der Waals surface area (Å²) in [5, 5.41) is 4.11. The second-order valence-corrected chi connectivity index (χ2v) is 5.83. The highest BCUT2D eigenvalue weighted by atomic mass is 35.5. The first-order chi connectivity index (χ1) is 11.2. The molecule has 2 N–H and O–H groups in total. The topological polar surface area (TPSA) is 83.4 Å². The molecule has 3 rings (SSSR count). The summed E-state index contributed by atoms with van der Waals surface area (Å²) in [6, 6.07) is 7.63. The molecule has 1 saturated carbocycles. The molecule has 1 fully saturated rings. The molecule has 1 aliphatic rings. The number of aromatic nitrogens is 2. The van der Waals surface area contributed by atoms with Gasteiger partial charge in [0, 0.05) is 6.61 Å². The van der Waals surface area contributed by atoms with E-state index in [1.807, 2.05) is 31.2 Å².